The standard InChI is InChI=1S/C22H18N2O/c1-2-15-11-13-17(14-12-15)20-21(16-7-4-3-5-8-16)24-22-18(23-20)9-6-10-19(22)25/h3-14,25H,2H2,1H3. The molecule has 1 aromatic heterocycles. The number of aryl methyl sites for hydroxylation is 1. The molecule has 3 aromatic carbocycles. The molecule has 25 heavy (non-hydrogen) atoms. The molecule has 0 atom stereocenters. The lowest BCUT2D eigenvalue weighted by atomic mass is 10.0. The van der Waals surface area contributed by atoms with Crippen molar-refractivity contribution in [3.8, 4) is 28.3 Å². The van der Waals surface area contributed by atoms with Crippen molar-refractivity contribution in [2.45, 2.75) is 13.3 Å². The van der Waals surface area contributed by atoms with E-state index in [4.69, 9.17) is 9.97 Å². The predicted molar refractivity (Wildman–Crippen MR) is 101 cm³/mol. The van der Waals surface area contributed by atoms with Crippen LogP contribution in [-0.2, 0) is 6.42 Å². The molecule has 0 saturated heterocycles. The van der Waals surface area contributed by atoms with Crippen LogP contribution in [0.1, 0.15) is 12.5 Å². The quantitative estimate of drug-likeness (QED) is 0.560. The molecule has 122 valence electrons. The van der Waals surface area contributed by atoms with Crippen LogP contribution in [0.15, 0.2) is 72.8 Å². The summed E-state index contributed by atoms with van der Waals surface area (Å²) in [7, 11) is 0. The van der Waals surface area contributed by atoms with Gasteiger partial charge < -0.3 is 5.11 Å². The summed E-state index contributed by atoms with van der Waals surface area (Å²) >= 11 is 0. The highest BCUT2D eigenvalue weighted by Gasteiger charge is 2.14. The van der Waals surface area contributed by atoms with Gasteiger partial charge in [0.2, 0.25) is 0 Å². The Hall–Kier alpha value is -3.20. The summed E-state index contributed by atoms with van der Waals surface area (Å²) in [6.45, 7) is 2.14. The summed E-state index contributed by atoms with van der Waals surface area (Å²) in [6, 6.07) is 23.7. The topological polar surface area (TPSA) is 46.0 Å². The van der Waals surface area contributed by atoms with Gasteiger partial charge in [-0.05, 0) is 24.1 Å². The molecule has 1 heterocycles. The van der Waals surface area contributed by atoms with Crippen molar-refractivity contribution in [2.24, 2.45) is 0 Å². The molecule has 0 spiro atoms. The zero-order valence-corrected chi connectivity index (χ0v) is 14.0. The molecule has 0 aliphatic rings. The zero-order chi connectivity index (χ0) is 17.2. The van der Waals surface area contributed by atoms with Gasteiger partial charge in [-0.15, -0.1) is 0 Å². The number of benzene rings is 3. The number of fused-ring (bicyclic) bond motifs is 1. The molecule has 0 aliphatic heterocycles. The number of rotatable bonds is 3. The molecule has 4 rings (SSSR count). The van der Waals surface area contributed by atoms with Gasteiger partial charge in [-0.1, -0.05) is 67.6 Å². The second-order valence-electron chi connectivity index (χ2n) is 5.98. The Morgan fingerprint density at radius 3 is 2.12 bits per heavy atom. The van der Waals surface area contributed by atoms with E-state index in [1.807, 2.05) is 36.4 Å². The fourth-order valence-corrected chi connectivity index (χ4v) is 2.96. The maximum absolute atomic E-state index is 10.2. The Balaban J connectivity index is 2.00. The molecule has 0 bridgehead atoms. The molecule has 0 saturated carbocycles. The first-order valence-corrected chi connectivity index (χ1v) is 8.40. The second kappa shape index (κ2) is 6.36. The number of aromatic nitrogens is 2. The third-order valence-corrected chi connectivity index (χ3v) is 4.36. The third-order valence-electron chi connectivity index (χ3n) is 4.36. The van der Waals surface area contributed by atoms with Gasteiger partial charge in [0.05, 0.1) is 16.9 Å². The number of phenols is 1. The van der Waals surface area contributed by atoms with Gasteiger partial charge >= 0.3 is 0 Å². The van der Waals surface area contributed by atoms with Crippen molar-refractivity contribution < 1.29 is 5.11 Å². The van der Waals surface area contributed by atoms with Gasteiger partial charge in [0.25, 0.3) is 0 Å². The molecule has 0 amide bonds. The van der Waals surface area contributed by atoms with Crippen molar-refractivity contribution in [1.82, 2.24) is 9.97 Å². The van der Waals surface area contributed by atoms with Gasteiger partial charge in [-0.25, -0.2) is 9.97 Å². The first-order chi connectivity index (χ1) is 12.3. The number of para-hydroxylation sites is 1. The molecular weight excluding hydrogens is 308 g/mol. The first-order valence-electron chi connectivity index (χ1n) is 8.40. The average molecular weight is 326 g/mol. The Bertz CT molecular complexity index is 1030. The third kappa shape index (κ3) is 2.85. The molecule has 4 aromatic rings. The van der Waals surface area contributed by atoms with Gasteiger partial charge in [-0.3, -0.25) is 0 Å². The average Bonchev–Trinajstić information content (AvgIpc) is 2.68. The highest BCUT2D eigenvalue weighted by molar-refractivity contribution is 5.88. The minimum atomic E-state index is 0.148. The molecule has 0 fully saturated rings. The maximum Gasteiger partial charge on any atom is 0.143 e. The van der Waals surface area contributed by atoms with Crippen molar-refractivity contribution >= 4 is 11.0 Å². The van der Waals surface area contributed by atoms with Gasteiger partial charge in [0.1, 0.15) is 11.3 Å². The highest BCUT2D eigenvalue weighted by Crippen LogP contribution is 2.33. The molecule has 0 unspecified atom stereocenters. The molecular formula is C22H18N2O. The van der Waals surface area contributed by atoms with E-state index in [0.717, 1.165) is 28.9 Å². The van der Waals surface area contributed by atoms with Gasteiger partial charge in [0, 0.05) is 11.1 Å². The van der Waals surface area contributed by atoms with Crippen molar-refractivity contribution in [1.29, 1.82) is 0 Å². The number of hydrogen-bond donors (Lipinski definition) is 1. The smallest absolute Gasteiger partial charge is 0.143 e. The zero-order valence-electron chi connectivity index (χ0n) is 14.0. The fraction of sp³-hybridized carbons (Fsp3) is 0.0909. The lowest BCUT2D eigenvalue weighted by Gasteiger charge is -2.11. The monoisotopic (exact) mass is 326 g/mol. The molecule has 3 nitrogen and oxygen atoms in total. The van der Waals surface area contributed by atoms with Crippen molar-refractivity contribution in [2.75, 3.05) is 0 Å². The van der Waals surface area contributed by atoms with Crippen LogP contribution in [0.4, 0.5) is 0 Å². The Morgan fingerprint density at radius 2 is 1.40 bits per heavy atom. The van der Waals surface area contributed by atoms with E-state index in [-0.39, 0.29) is 5.75 Å². The summed E-state index contributed by atoms with van der Waals surface area (Å²) in [5, 5.41) is 10.2. The lowest BCUT2D eigenvalue weighted by molar-refractivity contribution is 0.480. The largest absolute Gasteiger partial charge is 0.506 e. The Kier molecular flexibility index (Phi) is 3.90. The minimum absolute atomic E-state index is 0.148. The van der Waals surface area contributed by atoms with Crippen LogP contribution in [0.25, 0.3) is 33.5 Å². The Morgan fingerprint density at radius 1 is 0.720 bits per heavy atom. The summed E-state index contributed by atoms with van der Waals surface area (Å²) in [4.78, 5) is 9.57. The van der Waals surface area contributed by atoms with Crippen LogP contribution in [0.3, 0.4) is 0 Å². The van der Waals surface area contributed by atoms with E-state index < -0.39 is 0 Å². The van der Waals surface area contributed by atoms with Crippen LogP contribution in [0.2, 0.25) is 0 Å². The molecule has 0 radical (unpaired) electrons. The number of nitrogens with zero attached hydrogens (tertiary/aromatic N) is 2. The predicted octanol–water partition coefficient (Wildman–Crippen LogP) is 5.23. The van der Waals surface area contributed by atoms with Crippen LogP contribution in [0, 0.1) is 0 Å². The van der Waals surface area contributed by atoms with Gasteiger partial charge in [-0.2, -0.15) is 0 Å². The SMILES string of the molecule is CCc1ccc(-c2nc3cccc(O)c3nc2-c2ccccc2)cc1. The normalized spacial score (nSPS) is 10.9. The second-order valence-corrected chi connectivity index (χ2v) is 5.98. The minimum Gasteiger partial charge on any atom is -0.506 e. The van der Waals surface area contributed by atoms with Crippen molar-refractivity contribution in [3.05, 3.63) is 78.4 Å². The van der Waals surface area contributed by atoms with E-state index in [9.17, 15) is 5.11 Å². The van der Waals surface area contributed by atoms with Crippen LogP contribution in [0.5, 0.6) is 5.75 Å². The Labute approximate surface area is 146 Å². The number of phenolic OH excluding ortho intramolecular Hbond substituents is 1. The van der Waals surface area contributed by atoms with Crippen molar-refractivity contribution in [3.63, 3.8) is 0 Å². The van der Waals surface area contributed by atoms with Gasteiger partial charge in [0.15, 0.2) is 0 Å². The van der Waals surface area contributed by atoms with Crippen LogP contribution < -0.4 is 0 Å². The van der Waals surface area contributed by atoms with E-state index in [2.05, 4.69) is 31.2 Å². The maximum atomic E-state index is 10.2. The molecule has 3 heteroatoms. The van der Waals surface area contributed by atoms with E-state index >= 15 is 0 Å². The summed E-state index contributed by atoms with van der Waals surface area (Å²) < 4.78 is 0. The van der Waals surface area contributed by atoms with Crippen LogP contribution >= 0.6 is 0 Å². The molecule has 0 aliphatic carbocycles. The van der Waals surface area contributed by atoms with E-state index in [1.54, 1.807) is 12.1 Å². The summed E-state index contributed by atoms with van der Waals surface area (Å²) in [6.07, 6.45) is 1.00. The van der Waals surface area contributed by atoms with Crippen LogP contribution in [-0.4, -0.2) is 15.1 Å². The van der Waals surface area contributed by atoms with E-state index in [1.165, 1.54) is 5.56 Å². The highest BCUT2D eigenvalue weighted by atomic mass is 16.3. The summed E-state index contributed by atoms with van der Waals surface area (Å²) in [5.74, 6) is 0.148. The fourth-order valence-electron chi connectivity index (χ4n) is 2.96. The molecule has 1 N–H and O–H groups in total. The summed E-state index contributed by atoms with van der Waals surface area (Å²) in [5.41, 5.74) is 6.11. The van der Waals surface area contributed by atoms with E-state index in [0.29, 0.717) is 11.0 Å². The number of aromatic hydroxyl groups is 1. The number of hydrogen-bond acceptors (Lipinski definition) is 3. The first kappa shape index (κ1) is 15.3. The lowest BCUT2D eigenvalue weighted by Crippen LogP contribution is -1.96.